The molecule has 9 heteroatoms. The average molecular weight is 521 g/mol. The molecule has 3 rings (SSSR count). The lowest BCUT2D eigenvalue weighted by Crippen LogP contribution is -2.45. The summed E-state index contributed by atoms with van der Waals surface area (Å²) in [6, 6.07) is 6.01. The van der Waals surface area contributed by atoms with E-state index in [9.17, 15) is 18.0 Å². The zero-order valence-electron chi connectivity index (χ0n) is 18.7. The highest BCUT2D eigenvalue weighted by Gasteiger charge is 2.43. The van der Waals surface area contributed by atoms with E-state index in [4.69, 9.17) is 9.47 Å². The molecule has 2 aliphatic rings. The lowest BCUT2D eigenvalue weighted by Gasteiger charge is -2.33. The van der Waals surface area contributed by atoms with Crippen molar-refractivity contribution in [1.29, 1.82) is 0 Å². The van der Waals surface area contributed by atoms with Crippen molar-refractivity contribution >= 4 is 21.8 Å². The predicted octanol–water partition coefficient (Wildman–Crippen LogP) is 4.88. The molecule has 1 aromatic rings. The molecule has 0 saturated carbocycles. The Balaban J connectivity index is 1.41. The van der Waals surface area contributed by atoms with Crippen molar-refractivity contribution < 1.29 is 27.4 Å². The molecule has 2 atom stereocenters. The molecule has 2 aliphatic heterocycles. The molecule has 0 spiro atoms. The largest absolute Gasteiger partial charge is 0.471 e. The van der Waals surface area contributed by atoms with Gasteiger partial charge in [0, 0.05) is 31.2 Å². The third-order valence-corrected chi connectivity index (χ3v) is 7.30. The first-order valence-electron chi connectivity index (χ1n) is 11.2. The maximum absolute atomic E-state index is 12.6. The minimum atomic E-state index is -4.76. The van der Waals surface area contributed by atoms with Gasteiger partial charge in [-0.1, -0.05) is 15.9 Å². The molecule has 1 aromatic carbocycles. The molecule has 2 unspecified atom stereocenters. The van der Waals surface area contributed by atoms with E-state index in [1.807, 2.05) is 19.1 Å². The number of ether oxygens (including phenoxy) is 2. The van der Waals surface area contributed by atoms with E-state index in [2.05, 4.69) is 26.9 Å². The van der Waals surface area contributed by atoms with E-state index in [0.717, 1.165) is 54.0 Å². The summed E-state index contributed by atoms with van der Waals surface area (Å²) in [5.74, 6) is 0.0446. The highest BCUT2D eigenvalue weighted by Crippen LogP contribution is 2.30. The van der Waals surface area contributed by atoms with Crippen LogP contribution in [0.1, 0.15) is 38.2 Å². The number of benzene rings is 1. The van der Waals surface area contributed by atoms with Crippen LogP contribution in [-0.4, -0.2) is 68.0 Å². The standard InChI is InChI=1S/C23H32BrF3N2O3/c1-16(31-2)32-20-3-4-21(24)19(14-20)13-18-6-10-28(15-18)9-5-17-7-11-29(12-8-17)22(30)23(25,26)27/h3-4,14,16-18H,5-13,15H2,1-2H3. The number of rotatable bonds is 8. The molecule has 0 aliphatic carbocycles. The first-order chi connectivity index (χ1) is 15.2. The van der Waals surface area contributed by atoms with E-state index in [1.165, 1.54) is 5.56 Å². The Morgan fingerprint density at radius 2 is 1.88 bits per heavy atom. The van der Waals surface area contributed by atoms with E-state index >= 15 is 0 Å². The SMILES string of the molecule is COC(C)Oc1ccc(Br)c(CC2CCN(CCC3CCN(C(=O)C(F)(F)F)CC3)C2)c1. The summed E-state index contributed by atoms with van der Waals surface area (Å²) >= 11 is 3.65. The van der Waals surface area contributed by atoms with Crippen LogP contribution in [0.4, 0.5) is 13.2 Å². The van der Waals surface area contributed by atoms with Crippen molar-refractivity contribution in [2.45, 2.75) is 51.5 Å². The van der Waals surface area contributed by atoms with Crippen LogP contribution in [0.5, 0.6) is 5.75 Å². The van der Waals surface area contributed by atoms with Gasteiger partial charge in [-0.15, -0.1) is 0 Å². The van der Waals surface area contributed by atoms with Gasteiger partial charge < -0.3 is 19.3 Å². The Morgan fingerprint density at radius 3 is 2.53 bits per heavy atom. The van der Waals surface area contributed by atoms with Crippen molar-refractivity contribution in [1.82, 2.24) is 9.80 Å². The van der Waals surface area contributed by atoms with Gasteiger partial charge in [0.25, 0.3) is 0 Å². The van der Waals surface area contributed by atoms with Gasteiger partial charge in [0.15, 0.2) is 6.29 Å². The Labute approximate surface area is 196 Å². The number of methoxy groups -OCH3 is 1. The molecule has 32 heavy (non-hydrogen) atoms. The number of amides is 1. The quantitative estimate of drug-likeness (QED) is 0.458. The first-order valence-corrected chi connectivity index (χ1v) is 12.0. The second-order valence-electron chi connectivity index (χ2n) is 8.86. The molecule has 5 nitrogen and oxygen atoms in total. The maximum Gasteiger partial charge on any atom is 0.471 e. The Morgan fingerprint density at radius 1 is 1.19 bits per heavy atom. The van der Waals surface area contributed by atoms with E-state index in [1.54, 1.807) is 7.11 Å². The molecule has 0 bridgehead atoms. The summed E-state index contributed by atoms with van der Waals surface area (Å²) in [5, 5.41) is 0. The van der Waals surface area contributed by atoms with Crippen LogP contribution in [0.3, 0.4) is 0 Å². The first kappa shape index (κ1) is 25.3. The van der Waals surface area contributed by atoms with Crippen LogP contribution >= 0.6 is 15.9 Å². The molecule has 0 N–H and O–H groups in total. The van der Waals surface area contributed by atoms with Gasteiger partial charge >= 0.3 is 12.1 Å². The number of nitrogens with zero attached hydrogens (tertiary/aromatic N) is 2. The average Bonchev–Trinajstić information content (AvgIpc) is 3.21. The van der Waals surface area contributed by atoms with E-state index < -0.39 is 12.1 Å². The van der Waals surface area contributed by atoms with Gasteiger partial charge in [-0.3, -0.25) is 4.79 Å². The molecule has 0 aromatic heterocycles. The van der Waals surface area contributed by atoms with Crippen molar-refractivity contribution in [2.24, 2.45) is 11.8 Å². The van der Waals surface area contributed by atoms with Crippen molar-refractivity contribution in [3.63, 3.8) is 0 Å². The van der Waals surface area contributed by atoms with Crippen LogP contribution in [0, 0.1) is 11.8 Å². The Kier molecular flexibility index (Phi) is 8.86. The Hall–Kier alpha value is -1.32. The van der Waals surface area contributed by atoms with Gasteiger partial charge in [0.05, 0.1) is 0 Å². The number of likely N-dealkylation sites (tertiary alicyclic amines) is 2. The zero-order chi connectivity index (χ0) is 23.3. The number of halogens is 4. The predicted molar refractivity (Wildman–Crippen MR) is 119 cm³/mol. The van der Waals surface area contributed by atoms with Crippen LogP contribution in [0.15, 0.2) is 22.7 Å². The highest BCUT2D eigenvalue weighted by atomic mass is 79.9. The van der Waals surface area contributed by atoms with Crippen LogP contribution in [0.25, 0.3) is 0 Å². The van der Waals surface area contributed by atoms with E-state index in [0.29, 0.717) is 24.7 Å². The molecule has 180 valence electrons. The summed E-state index contributed by atoms with van der Waals surface area (Å²) < 4.78 is 49.7. The monoisotopic (exact) mass is 520 g/mol. The van der Waals surface area contributed by atoms with Crippen molar-refractivity contribution in [2.75, 3.05) is 39.8 Å². The molecule has 2 fully saturated rings. The minimum Gasteiger partial charge on any atom is -0.465 e. The topological polar surface area (TPSA) is 42.0 Å². The van der Waals surface area contributed by atoms with Gasteiger partial charge in [0.2, 0.25) is 0 Å². The number of carbonyl (C=O) groups excluding carboxylic acids is 1. The van der Waals surface area contributed by atoms with Crippen LogP contribution < -0.4 is 4.74 Å². The molecule has 2 saturated heterocycles. The molecular formula is C23H32BrF3N2O3. The van der Waals surface area contributed by atoms with Gasteiger partial charge in [0.1, 0.15) is 5.75 Å². The maximum atomic E-state index is 12.6. The summed E-state index contributed by atoms with van der Waals surface area (Å²) in [6.45, 7) is 5.31. The smallest absolute Gasteiger partial charge is 0.465 e. The minimum absolute atomic E-state index is 0.208. The second-order valence-corrected chi connectivity index (χ2v) is 9.71. The summed E-state index contributed by atoms with van der Waals surface area (Å²) in [5.41, 5.74) is 1.22. The number of piperidine rings is 1. The molecule has 2 heterocycles. The zero-order valence-corrected chi connectivity index (χ0v) is 20.3. The Bertz CT molecular complexity index is 769. The summed E-state index contributed by atoms with van der Waals surface area (Å²) in [6.07, 6.45) is -0.692. The fourth-order valence-electron chi connectivity index (χ4n) is 4.58. The van der Waals surface area contributed by atoms with Gasteiger partial charge in [-0.05, 0) is 87.7 Å². The second kappa shape index (κ2) is 11.2. The molecule has 0 radical (unpaired) electrons. The number of hydrogen-bond acceptors (Lipinski definition) is 4. The fraction of sp³-hybridized carbons (Fsp3) is 0.696. The molecule has 1 amide bonds. The molecular weight excluding hydrogens is 489 g/mol. The van der Waals surface area contributed by atoms with Crippen LogP contribution in [-0.2, 0) is 16.0 Å². The summed E-state index contributed by atoms with van der Waals surface area (Å²) in [4.78, 5) is 14.8. The number of alkyl halides is 3. The number of hydrogen-bond donors (Lipinski definition) is 0. The van der Waals surface area contributed by atoms with Gasteiger partial charge in [-0.25, -0.2) is 0 Å². The van der Waals surface area contributed by atoms with Gasteiger partial charge in [-0.2, -0.15) is 13.2 Å². The normalized spacial score (nSPS) is 21.7. The highest BCUT2D eigenvalue weighted by molar-refractivity contribution is 9.10. The third-order valence-electron chi connectivity index (χ3n) is 6.53. The van der Waals surface area contributed by atoms with Crippen molar-refractivity contribution in [3.05, 3.63) is 28.2 Å². The lowest BCUT2D eigenvalue weighted by atomic mass is 9.93. The van der Waals surface area contributed by atoms with E-state index in [-0.39, 0.29) is 19.4 Å². The lowest BCUT2D eigenvalue weighted by molar-refractivity contribution is -0.186. The van der Waals surface area contributed by atoms with Crippen LogP contribution in [0.2, 0.25) is 0 Å². The fourth-order valence-corrected chi connectivity index (χ4v) is 4.99. The number of carbonyl (C=O) groups is 1. The third kappa shape index (κ3) is 7.09. The van der Waals surface area contributed by atoms with Crippen molar-refractivity contribution in [3.8, 4) is 5.75 Å². The summed E-state index contributed by atoms with van der Waals surface area (Å²) in [7, 11) is 1.61.